The molecule has 0 spiro atoms. The maximum absolute atomic E-state index is 9.29. The number of hydrogen-bond acceptors (Lipinski definition) is 4. The number of rotatable bonds is 8. The Bertz CT molecular complexity index is 501. The van der Waals surface area contributed by atoms with Crippen molar-refractivity contribution in [1.82, 2.24) is 10.6 Å². The summed E-state index contributed by atoms with van der Waals surface area (Å²) in [6.07, 6.45) is 1.74. The van der Waals surface area contributed by atoms with Gasteiger partial charge in [-0.25, -0.2) is 0 Å². The standard InChI is InChI=1S/C18H30N4O2/c1-19-17(21-14-18(8-12-23)9-13-24-15-18)20-10-11-22(2)16-6-4-3-5-7-16/h3-7,23H,8-15H2,1-2H3,(H2,19,20,21). The Morgan fingerprint density at radius 2 is 2.12 bits per heavy atom. The van der Waals surface area contributed by atoms with Crippen LogP contribution < -0.4 is 15.5 Å². The third kappa shape index (κ3) is 5.39. The number of aliphatic hydroxyl groups excluding tert-OH is 1. The van der Waals surface area contributed by atoms with Crippen molar-refractivity contribution in [2.45, 2.75) is 12.8 Å². The van der Waals surface area contributed by atoms with E-state index >= 15 is 0 Å². The first kappa shape index (κ1) is 18.5. The second kappa shape index (κ2) is 9.49. The van der Waals surface area contributed by atoms with Crippen LogP contribution in [0.4, 0.5) is 5.69 Å². The van der Waals surface area contributed by atoms with Gasteiger partial charge >= 0.3 is 0 Å². The van der Waals surface area contributed by atoms with Crippen LogP contribution in [0.3, 0.4) is 0 Å². The largest absolute Gasteiger partial charge is 0.396 e. The molecule has 1 saturated heterocycles. The molecule has 6 heteroatoms. The molecule has 134 valence electrons. The van der Waals surface area contributed by atoms with E-state index in [0.717, 1.165) is 45.0 Å². The van der Waals surface area contributed by atoms with Crippen LogP contribution in [0.5, 0.6) is 0 Å². The maximum atomic E-state index is 9.29. The predicted octanol–water partition coefficient (Wildman–Crippen LogP) is 1.08. The zero-order chi connectivity index (χ0) is 17.3. The maximum Gasteiger partial charge on any atom is 0.191 e. The summed E-state index contributed by atoms with van der Waals surface area (Å²) in [6.45, 7) is 4.12. The molecule has 0 bridgehead atoms. The van der Waals surface area contributed by atoms with Crippen molar-refractivity contribution in [1.29, 1.82) is 0 Å². The summed E-state index contributed by atoms with van der Waals surface area (Å²) in [5.41, 5.74) is 1.22. The van der Waals surface area contributed by atoms with E-state index in [9.17, 15) is 5.11 Å². The van der Waals surface area contributed by atoms with Crippen LogP contribution in [0.1, 0.15) is 12.8 Å². The Kier molecular flexibility index (Phi) is 7.34. The topological polar surface area (TPSA) is 69.1 Å². The molecule has 0 radical (unpaired) electrons. The molecule has 1 aromatic rings. The van der Waals surface area contributed by atoms with Gasteiger partial charge in [-0.1, -0.05) is 18.2 Å². The molecular weight excluding hydrogens is 304 g/mol. The number of nitrogens with one attached hydrogen (secondary N) is 2. The number of anilines is 1. The lowest BCUT2D eigenvalue weighted by Gasteiger charge is -2.28. The summed E-state index contributed by atoms with van der Waals surface area (Å²) in [4.78, 5) is 6.49. The lowest BCUT2D eigenvalue weighted by atomic mass is 9.84. The molecular formula is C18H30N4O2. The molecule has 1 aliphatic heterocycles. The number of para-hydroxylation sites is 1. The van der Waals surface area contributed by atoms with Gasteiger partial charge in [0.2, 0.25) is 0 Å². The number of aliphatic imine (C=N–C) groups is 1. The Morgan fingerprint density at radius 1 is 1.33 bits per heavy atom. The van der Waals surface area contributed by atoms with Gasteiger partial charge in [-0.15, -0.1) is 0 Å². The average molecular weight is 334 g/mol. The van der Waals surface area contributed by atoms with E-state index in [2.05, 4.69) is 39.7 Å². The van der Waals surface area contributed by atoms with Crippen molar-refractivity contribution in [2.24, 2.45) is 10.4 Å². The average Bonchev–Trinajstić information content (AvgIpc) is 3.07. The summed E-state index contributed by atoms with van der Waals surface area (Å²) in [6, 6.07) is 10.3. The van der Waals surface area contributed by atoms with Crippen LogP contribution >= 0.6 is 0 Å². The molecule has 1 aromatic carbocycles. The molecule has 1 atom stereocenters. The highest BCUT2D eigenvalue weighted by atomic mass is 16.5. The fourth-order valence-corrected chi connectivity index (χ4v) is 2.96. The highest BCUT2D eigenvalue weighted by Gasteiger charge is 2.34. The van der Waals surface area contributed by atoms with Crippen LogP contribution in [0, 0.1) is 5.41 Å². The third-order valence-corrected chi connectivity index (χ3v) is 4.62. The molecule has 2 rings (SSSR count). The van der Waals surface area contributed by atoms with Gasteiger partial charge in [0.1, 0.15) is 0 Å². The fraction of sp³-hybridized carbons (Fsp3) is 0.611. The molecule has 1 aliphatic rings. The number of hydrogen-bond donors (Lipinski definition) is 3. The molecule has 3 N–H and O–H groups in total. The van der Waals surface area contributed by atoms with Crippen LogP contribution in [0.25, 0.3) is 0 Å². The summed E-state index contributed by atoms with van der Waals surface area (Å²) < 4.78 is 5.52. The normalized spacial score (nSPS) is 20.9. The number of benzene rings is 1. The SMILES string of the molecule is CN=C(NCCN(C)c1ccccc1)NCC1(CCO)CCOC1. The van der Waals surface area contributed by atoms with Crippen LogP contribution in [-0.4, -0.2) is 64.6 Å². The van der Waals surface area contributed by atoms with E-state index < -0.39 is 0 Å². The van der Waals surface area contributed by atoms with Crippen LogP contribution in [0.2, 0.25) is 0 Å². The Morgan fingerprint density at radius 3 is 2.75 bits per heavy atom. The van der Waals surface area contributed by atoms with Gasteiger partial charge in [-0.3, -0.25) is 4.99 Å². The minimum absolute atomic E-state index is 0.0210. The third-order valence-electron chi connectivity index (χ3n) is 4.62. The number of nitrogens with zero attached hydrogens (tertiary/aromatic N) is 2. The number of ether oxygens (including phenoxy) is 1. The lowest BCUT2D eigenvalue weighted by Crippen LogP contribution is -2.46. The van der Waals surface area contributed by atoms with Crippen LogP contribution in [-0.2, 0) is 4.74 Å². The zero-order valence-electron chi connectivity index (χ0n) is 14.8. The summed E-state index contributed by atoms with van der Waals surface area (Å²) in [5, 5.41) is 16.0. The quantitative estimate of drug-likeness (QED) is 0.490. The van der Waals surface area contributed by atoms with Gasteiger partial charge in [-0.05, 0) is 25.0 Å². The molecule has 0 aliphatic carbocycles. The first-order chi connectivity index (χ1) is 11.7. The van der Waals surface area contributed by atoms with E-state index in [0.29, 0.717) is 6.61 Å². The van der Waals surface area contributed by atoms with Crippen LogP contribution in [0.15, 0.2) is 35.3 Å². The monoisotopic (exact) mass is 334 g/mol. The van der Waals surface area contributed by atoms with Crippen molar-refractivity contribution in [3.63, 3.8) is 0 Å². The van der Waals surface area contributed by atoms with E-state index in [-0.39, 0.29) is 12.0 Å². The summed E-state index contributed by atoms with van der Waals surface area (Å²) in [5.74, 6) is 0.792. The smallest absolute Gasteiger partial charge is 0.191 e. The molecule has 24 heavy (non-hydrogen) atoms. The van der Waals surface area contributed by atoms with Gasteiger partial charge in [0.15, 0.2) is 5.96 Å². The lowest BCUT2D eigenvalue weighted by molar-refractivity contribution is 0.127. The highest BCUT2D eigenvalue weighted by Crippen LogP contribution is 2.31. The molecule has 1 fully saturated rings. The van der Waals surface area contributed by atoms with Gasteiger partial charge in [0.05, 0.1) is 6.61 Å². The van der Waals surface area contributed by atoms with Crippen molar-refractivity contribution < 1.29 is 9.84 Å². The minimum atomic E-state index is 0.0210. The van der Waals surface area contributed by atoms with E-state index in [1.165, 1.54) is 5.69 Å². The van der Waals surface area contributed by atoms with Gasteiger partial charge in [0.25, 0.3) is 0 Å². The van der Waals surface area contributed by atoms with Crippen molar-refractivity contribution in [3.05, 3.63) is 30.3 Å². The minimum Gasteiger partial charge on any atom is -0.396 e. The molecule has 0 aromatic heterocycles. The van der Waals surface area contributed by atoms with E-state index in [4.69, 9.17) is 4.74 Å². The van der Waals surface area contributed by atoms with E-state index in [1.54, 1.807) is 7.05 Å². The van der Waals surface area contributed by atoms with Crippen molar-refractivity contribution >= 4 is 11.6 Å². The summed E-state index contributed by atoms with van der Waals surface area (Å²) >= 11 is 0. The second-order valence-corrected chi connectivity index (χ2v) is 6.39. The molecule has 0 saturated carbocycles. The van der Waals surface area contributed by atoms with Gasteiger partial charge in [0, 0.05) is 58.0 Å². The van der Waals surface area contributed by atoms with Gasteiger partial charge in [-0.2, -0.15) is 0 Å². The van der Waals surface area contributed by atoms with Crippen molar-refractivity contribution in [3.8, 4) is 0 Å². The van der Waals surface area contributed by atoms with Crippen molar-refractivity contribution in [2.75, 3.05) is 58.5 Å². The number of guanidine groups is 1. The van der Waals surface area contributed by atoms with Gasteiger partial charge < -0.3 is 25.4 Å². The molecule has 0 amide bonds. The number of likely N-dealkylation sites (N-methyl/N-ethyl adjacent to an activating group) is 1. The molecule has 1 heterocycles. The Balaban J connectivity index is 1.74. The predicted molar refractivity (Wildman–Crippen MR) is 98.6 cm³/mol. The fourth-order valence-electron chi connectivity index (χ4n) is 2.96. The Labute approximate surface area is 144 Å². The first-order valence-electron chi connectivity index (χ1n) is 8.58. The Hall–Kier alpha value is -1.79. The number of aliphatic hydroxyl groups is 1. The first-order valence-corrected chi connectivity index (χ1v) is 8.58. The highest BCUT2D eigenvalue weighted by molar-refractivity contribution is 5.79. The molecule has 1 unspecified atom stereocenters. The molecule has 6 nitrogen and oxygen atoms in total. The zero-order valence-corrected chi connectivity index (χ0v) is 14.8. The summed E-state index contributed by atoms with van der Waals surface area (Å²) in [7, 11) is 3.86. The second-order valence-electron chi connectivity index (χ2n) is 6.39. The van der Waals surface area contributed by atoms with E-state index in [1.807, 2.05) is 18.2 Å².